The minimum atomic E-state index is 0.428. The van der Waals surface area contributed by atoms with Crippen molar-refractivity contribution in [3.8, 4) is 22.8 Å². The third kappa shape index (κ3) is 4.10. The Bertz CT molecular complexity index is 1220. The third-order valence-electron chi connectivity index (χ3n) is 4.55. The first-order valence-corrected chi connectivity index (χ1v) is 10.7. The van der Waals surface area contributed by atoms with E-state index in [0.717, 1.165) is 32.7 Å². The molecule has 2 N–H and O–H groups in total. The minimum absolute atomic E-state index is 0.428. The van der Waals surface area contributed by atoms with Crippen LogP contribution in [0.1, 0.15) is 5.56 Å². The summed E-state index contributed by atoms with van der Waals surface area (Å²) in [4.78, 5) is 10.4. The van der Waals surface area contributed by atoms with Gasteiger partial charge in [0.05, 0.1) is 5.02 Å². The SMILES string of the molecule is C=C(N)c1ccc(-c2nc(-c3ccccn3)n(C)c2Sc2ccc(Cl)cc2)cc1Cl. The van der Waals surface area contributed by atoms with Crippen molar-refractivity contribution in [2.24, 2.45) is 12.8 Å². The molecule has 0 radical (unpaired) electrons. The fourth-order valence-electron chi connectivity index (χ4n) is 3.05. The average Bonchev–Trinajstić information content (AvgIpc) is 3.06. The molecule has 0 amide bonds. The van der Waals surface area contributed by atoms with Crippen molar-refractivity contribution >= 4 is 40.7 Å². The van der Waals surface area contributed by atoms with Gasteiger partial charge in [-0.1, -0.05) is 59.7 Å². The number of benzene rings is 2. The summed E-state index contributed by atoms with van der Waals surface area (Å²) in [5, 5.41) is 2.20. The zero-order valence-corrected chi connectivity index (χ0v) is 18.5. The Morgan fingerprint density at radius 2 is 1.83 bits per heavy atom. The van der Waals surface area contributed by atoms with Crippen LogP contribution in [0, 0.1) is 0 Å². The van der Waals surface area contributed by atoms with Gasteiger partial charge in [0.2, 0.25) is 0 Å². The Labute approximate surface area is 189 Å². The standard InChI is InChI=1S/C23H18Cl2N4S/c1-14(26)18-11-6-15(13-19(18)25)21-23(30-17-9-7-16(24)8-10-17)29(2)22(28-21)20-5-3-4-12-27-20/h3-13H,1,26H2,2H3. The fraction of sp³-hybridized carbons (Fsp3) is 0.0435. The van der Waals surface area contributed by atoms with E-state index in [9.17, 15) is 0 Å². The number of halogens is 2. The van der Waals surface area contributed by atoms with Crippen molar-refractivity contribution in [1.82, 2.24) is 14.5 Å². The summed E-state index contributed by atoms with van der Waals surface area (Å²) in [6.45, 7) is 3.78. The van der Waals surface area contributed by atoms with E-state index in [1.165, 1.54) is 0 Å². The number of nitrogens with zero attached hydrogens (tertiary/aromatic N) is 3. The van der Waals surface area contributed by atoms with Crippen LogP contribution in [0.15, 0.2) is 83.4 Å². The summed E-state index contributed by atoms with van der Waals surface area (Å²) in [7, 11) is 1.98. The van der Waals surface area contributed by atoms with E-state index in [-0.39, 0.29) is 0 Å². The van der Waals surface area contributed by atoms with Gasteiger partial charge < -0.3 is 10.3 Å². The van der Waals surface area contributed by atoms with Gasteiger partial charge in [0, 0.05) is 40.0 Å². The molecule has 2 aromatic heterocycles. The Morgan fingerprint density at radius 3 is 2.47 bits per heavy atom. The van der Waals surface area contributed by atoms with Crippen LogP contribution >= 0.6 is 35.0 Å². The van der Waals surface area contributed by atoms with Crippen LogP contribution < -0.4 is 5.73 Å². The number of hydrogen-bond acceptors (Lipinski definition) is 4. The lowest BCUT2D eigenvalue weighted by Gasteiger charge is -2.09. The second-order valence-corrected chi connectivity index (χ2v) is 8.54. The second-order valence-electron chi connectivity index (χ2n) is 6.64. The Morgan fingerprint density at radius 1 is 1.07 bits per heavy atom. The van der Waals surface area contributed by atoms with Gasteiger partial charge in [-0.2, -0.15) is 0 Å². The Kier molecular flexibility index (Phi) is 5.86. The number of hydrogen-bond donors (Lipinski definition) is 1. The lowest BCUT2D eigenvalue weighted by molar-refractivity contribution is 0.831. The molecule has 2 heterocycles. The molecule has 0 spiro atoms. The molecular formula is C23H18Cl2N4S. The highest BCUT2D eigenvalue weighted by Gasteiger charge is 2.20. The fourth-order valence-corrected chi connectivity index (χ4v) is 4.46. The van der Waals surface area contributed by atoms with Crippen LogP contribution in [0.2, 0.25) is 10.0 Å². The van der Waals surface area contributed by atoms with Crippen molar-refractivity contribution in [3.63, 3.8) is 0 Å². The first-order valence-electron chi connectivity index (χ1n) is 9.10. The first-order chi connectivity index (χ1) is 14.4. The van der Waals surface area contributed by atoms with Crippen LogP contribution in [0.25, 0.3) is 28.5 Å². The van der Waals surface area contributed by atoms with Crippen molar-refractivity contribution < 1.29 is 0 Å². The van der Waals surface area contributed by atoms with E-state index in [1.807, 2.05) is 72.3 Å². The molecule has 0 unspecified atom stereocenters. The molecule has 0 aliphatic rings. The molecule has 2 aromatic carbocycles. The summed E-state index contributed by atoms with van der Waals surface area (Å²) < 4.78 is 2.04. The summed E-state index contributed by atoms with van der Waals surface area (Å²) in [6, 6.07) is 19.2. The summed E-state index contributed by atoms with van der Waals surface area (Å²) in [6.07, 6.45) is 1.76. The predicted octanol–water partition coefficient (Wildman–Crippen LogP) is 6.54. The number of pyridine rings is 1. The number of rotatable bonds is 5. The predicted molar refractivity (Wildman–Crippen MR) is 126 cm³/mol. The van der Waals surface area contributed by atoms with Gasteiger partial charge >= 0.3 is 0 Å². The molecule has 4 rings (SSSR count). The monoisotopic (exact) mass is 452 g/mol. The molecule has 0 aliphatic heterocycles. The van der Waals surface area contributed by atoms with Crippen LogP contribution in [0.5, 0.6) is 0 Å². The topological polar surface area (TPSA) is 56.7 Å². The highest BCUT2D eigenvalue weighted by Crippen LogP contribution is 2.39. The van der Waals surface area contributed by atoms with E-state index in [4.69, 9.17) is 33.9 Å². The maximum absolute atomic E-state index is 6.46. The lowest BCUT2D eigenvalue weighted by atomic mass is 10.1. The molecule has 0 bridgehead atoms. The number of aromatic nitrogens is 3. The van der Waals surface area contributed by atoms with Crippen LogP contribution in [0.3, 0.4) is 0 Å². The van der Waals surface area contributed by atoms with E-state index in [0.29, 0.717) is 21.3 Å². The molecular weight excluding hydrogens is 435 g/mol. The smallest absolute Gasteiger partial charge is 0.159 e. The minimum Gasteiger partial charge on any atom is -0.399 e. The van der Waals surface area contributed by atoms with Crippen LogP contribution in [-0.4, -0.2) is 14.5 Å². The number of imidazole rings is 1. The van der Waals surface area contributed by atoms with E-state index >= 15 is 0 Å². The van der Waals surface area contributed by atoms with Gasteiger partial charge in [-0.3, -0.25) is 4.98 Å². The summed E-state index contributed by atoms with van der Waals surface area (Å²) >= 11 is 14.1. The van der Waals surface area contributed by atoms with Crippen molar-refractivity contribution in [2.45, 2.75) is 9.92 Å². The number of nitrogens with two attached hydrogens (primary N) is 1. The first kappa shape index (κ1) is 20.5. The molecule has 150 valence electrons. The van der Waals surface area contributed by atoms with Crippen molar-refractivity contribution in [3.05, 3.63) is 89.0 Å². The zero-order chi connectivity index (χ0) is 21.3. The summed E-state index contributed by atoms with van der Waals surface area (Å²) in [5.74, 6) is 0.769. The maximum atomic E-state index is 6.46. The Balaban J connectivity index is 1.86. The van der Waals surface area contributed by atoms with Crippen LogP contribution in [-0.2, 0) is 7.05 Å². The van der Waals surface area contributed by atoms with E-state index in [2.05, 4.69) is 11.6 Å². The van der Waals surface area contributed by atoms with Gasteiger partial charge in [-0.25, -0.2) is 4.98 Å². The molecule has 0 saturated heterocycles. The lowest BCUT2D eigenvalue weighted by Crippen LogP contribution is -1.96. The van der Waals surface area contributed by atoms with Gasteiger partial charge in [0.15, 0.2) is 5.82 Å². The summed E-state index contributed by atoms with van der Waals surface area (Å²) in [5.41, 5.74) is 9.47. The Hall–Kier alpha value is -2.73. The molecule has 0 fully saturated rings. The largest absolute Gasteiger partial charge is 0.399 e. The molecule has 30 heavy (non-hydrogen) atoms. The zero-order valence-electron chi connectivity index (χ0n) is 16.1. The molecule has 7 heteroatoms. The van der Waals surface area contributed by atoms with Gasteiger partial charge in [0.25, 0.3) is 0 Å². The van der Waals surface area contributed by atoms with Crippen molar-refractivity contribution in [2.75, 3.05) is 0 Å². The van der Waals surface area contributed by atoms with Gasteiger partial charge in [-0.05, 0) is 42.5 Å². The van der Waals surface area contributed by atoms with Crippen molar-refractivity contribution in [1.29, 1.82) is 0 Å². The van der Waals surface area contributed by atoms with Crippen LogP contribution in [0.4, 0.5) is 0 Å². The third-order valence-corrected chi connectivity index (χ3v) is 6.29. The molecule has 0 aliphatic carbocycles. The average molecular weight is 453 g/mol. The van der Waals surface area contributed by atoms with E-state index in [1.54, 1.807) is 18.0 Å². The van der Waals surface area contributed by atoms with E-state index < -0.39 is 0 Å². The molecule has 4 nitrogen and oxygen atoms in total. The van der Waals surface area contributed by atoms with Gasteiger partial charge in [-0.15, -0.1) is 0 Å². The highest BCUT2D eigenvalue weighted by molar-refractivity contribution is 7.99. The molecule has 4 aromatic rings. The maximum Gasteiger partial charge on any atom is 0.159 e. The highest BCUT2D eigenvalue weighted by atomic mass is 35.5. The second kappa shape index (κ2) is 8.56. The van der Waals surface area contributed by atoms with Gasteiger partial charge in [0.1, 0.15) is 16.4 Å². The quantitative estimate of drug-likeness (QED) is 0.373. The molecule has 0 atom stereocenters. The molecule has 0 saturated carbocycles. The normalized spacial score (nSPS) is 10.9.